The number of carbonyl (C=O) groups excluding carboxylic acids is 2. The summed E-state index contributed by atoms with van der Waals surface area (Å²) in [6.45, 7) is 4.92. The van der Waals surface area contributed by atoms with E-state index >= 15 is 0 Å². The molecule has 0 aromatic heterocycles. The molecule has 2 unspecified atom stereocenters. The van der Waals surface area contributed by atoms with E-state index in [0.29, 0.717) is 19.4 Å². The second-order valence-corrected chi connectivity index (χ2v) is 24.9. The summed E-state index contributed by atoms with van der Waals surface area (Å²) in [5.41, 5.74) is 0. The van der Waals surface area contributed by atoms with E-state index in [1.54, 1.807) is 6.08 Å². The summed E-state index contributed by atoms with van der Waals surface area (Å²) in [5, 5.41) is 23.3. The lowest BCUT2D eigenvalue weighted by Gasteiger charge is -2.20. The molecule has 0 spiro atoms. The first-order valence-electron chi connectivity index (χ1n) is 36.3. The molecule has 6 nitrogen and oxygen atoms in total. The second kappa shape index (κ2) is 69.6. The summed E-state index contributed by atoms with van der Waals surface area (Å²) < 4.78 is 5.50. The Hall–Kier alpha value is -1.92. The first-order valence-corrected chi connectivity index (χ1v) is 36.3. The van der Waals surface area contributed by atoms with Crippen LogP contribution >= 0.6 is 0 Å². The molecule has 0 aliphatic rings. The van der Waals surface area contributed by atoms with Crippen LogP contribution in [0.15, 0.2) is 36.5 Å². The Morgan fingerprint density at radius 3 is 0.963 bits per heavy atom. The minimum atomic E-state index is -0.845. The highest BCUT2D eigenvalue weighted by Gasteiger charge is 2.18. The first-order chi connectivity index (χ1) is 39.5. The predicted molar refractivity (Wildman–Crippen MR) is 352 cm³/mol. The van der Waals surface area contributed by atoms with Crippen molar-refractivity contribution in [1.82, 2.24) is 5.32 Å². The van der Waals surface area contributed by atoms with Gasteiger partial charge in [0.25, 0.3) is 0 Å². The maximum Gasteiger partial charge on any atom is 0.305 e. The highest BCUT2D eigenvalue weighted by atomic mass is 16.5. The van der Waals surface area contributed by atoms with E-state index < -0.39 is 12.1 Å². The zero-order valence-corrected chi connectivity index (χ0v) is 54.1. The monoisotopic (exact) mass is 1120 g/mol. The zero-order valence-electron chi connectivity index (χ0n) is 54.1. The minimum absolute atomic E-state index is 0.00829. The lowest BCUT2D eigenvalue weighted by Crippen LogP contribution is -2.45. The van der Waals surface area contributed by atoms with E-state index in [1.165, 1.54) is 321 Å². The molecule has 472 valence electrons. The van der Waals surface area contributed by atoms with Crippen molar-refractivity contribution >= 4 is 11.9 Å². The van der Waals surface area contributed by atoms with E-state index in [-0.39, 0.29) is 18.5 Å². The van der Waals surface area contributed by atoms with Gasteiger partial charge < -0.3 is 20.3 Å². The molecule has 0 aromatic carbocycles. The number of aliphatic hydroxyl groups excluding tert-OH is 2. The van der Waals surface area contributed by atoms with Crippen LogP contribution in [0.2, 0.25) is 0 Å². The Kier molecular flexibility index (Phi) is 67.9. The number of rotatable bonds is 68. The summed E-state index contributed by atoms with van der Waals surface area (Å²) in [4.78, 5) is 24.6. The molecule has 0 heterocycles. The third-order valence-electron chi connectivity index (χ3n) is 16.9. The van der Waals surface area contributed by atoms with Crippen LogP contribution in [0.1, 0.15) is 399 Å². The quantitative estimate of drug-likeness (QED) is 0.0320. The van der Waals surface area contributed by atoms with E-state index in [0.717, 1.165) is 51.4 Å². The summed E-state index contributed by atoms with van der Waals surface area (Å²) in [6.07, 6.45) is 89.4. The number of carbonyl (C=O) groups is 2. The van der Waals surface area contributed by atoms with Gasteiger partial charge in [0, 0.05) is 12.8 Å². The number of amides is 1. The largest absolute Gasteiger partial charge is 0.466 e. The molecule has 0 bridgehead atoms. The first kappa shape index (κ1) is 78.1. The van der Waals surface area contributed by atoms with Crippen LogP contribution in [0, 0.1) is 0 Å². The number of hydrogen-bond acceptors (Lipinski definition) is 5. The molecule has 0 aliphatic carbocycles. The predicted octanol–water partition coefficient (Wildman–Crippen LogP) is 23.5. The fourth-order valence-corrected chi connectivity index (χ4v) is 11.4. The molecule has 0 rings (SSSR count). The summed E-state index contributed by atoms with van der Waals surface area (Å²) in [5.74, 6) is -0.0548. The number of esters is 1. The van der Waals surface area contributed by atoms with Crippen molar-refractivity contribution in [2.75, 3.05) is 13.2 Å². The van der Waals surface area contributed by atoms with Gasteiger partial charge in [0.05, 0.1) is 25.4 Å². The van der Waals surface area contributed by atoms with Crippen molar-refractivity contribution in [2.24, 2.45) is 0 Å². The SMILES string of the molecule is CCCCCC/C=C\C/C=C\CCCCCCCCCC(=O)OCCCCCCCCCCCCCCCCCCCCCCCCCCC(=O)NC(CO)C(O)/C=C/CCCCCCCCCCCCCCCCCCCCC. The molecule has 0 saturated heterocycles. The Morgan fingerprint density at radius 1 is 0.350 bits per heavy atom. The zero-order chi connectivity index (χ0) is 57.8. The highest BCUT2D eigenvalue weighted by Crippen LogP contribution is 2.19. The number of unbranched alkanes of at least 4 members (excludes halogenated alkanes) is 53. The number of nitrogens with one attached hydrogen (secondary N) is 1. The molecule has 0 radical (unpaired) electrons. The Labute approximate surface area is 500 Å². The van der Waals surface area contributed by atoms with Gasteiger partial charge in [-0.25, -0.2) is 0 Å². The van der Waals surface area contributed by atoms with E-state index in [2.05, 4.69) is 43.5 Å². The number of allylic oxidation sites excluding steroid dienone is 5. The molecular weight excluding hydrogens is 983 g/mol. The van der Waals surface area contributed by atoms with Crippen LogP contribution in [-0.2, 0) is 14.3 Å². The standard InChI is InChI=1S/C74H141NO5/c1-3-5-7-9-11-13-15-17-19-21-23-28-31-34-38-42-46-50-54-58-62-66-72(77)71(70-76)75-73(78)67-63-59-55-51-47-43-39-35-32-29-26-24-25-27-30-33-37-41-45-49-53-57-61-65-69-80-74(79)68-64-60-56-52-48-44-40-36-22-20-18-16-14-12-10-8-6-4-2/h14,16,20,22,62,66,71-72,76-77H,3-13,15,17-19,21,23-61,63-65,67-70H2,1-2H3,(H,75,78)/b16-14-,22-20-,66-62+. The molecule has 0 aromatic rings. The van der Waals surface area contributed by atoms with Crippen molar-refractivity contribution in [3.8, 4) is 0 Å². The van der Waals surface area contributed by atoms with Crippen LogP contribution in [0.5, 0.6) is 0 Å². The van der Waals surface area contributed by atoms with Crippen molar-refractivity contribution in [2.45, 2.75) is 411 Å². The van der Waals surface area contributed by atoms with Gasteiger partial charge in [-0.2, -0.15) is 0 Å². The Balaban J connectivity index is 3.39. The molecule has 0 aliphatic heterocycles. The maximum absolute atomic E-state index is 12.5. The third kappa shape index (κ3) is 65.2. The molecule has 80 heavy (non-hydrogen) atoms. The lowest BCUT2D eigenvalue weighted by molar-refractivity contribution is -0.143. The highest BCUT2D eigenvalue weighted by molar-refractivity contribution is 5.76. The van der Waals surface area contributed by atoms with Crippen LogP contribution in [0.4, 0.5) is 0 Å². The van der Waals surface area contributed by atoms with Gasteiger partial charge in [-0.1, -0.05) is 359 Å². The minimum Gasteiger partial charge on any atom is -0.466 e. The van der Waals surface area contributed by atoms with Gasteiger partial charge in [-0.05, 0) is 64.2 Å². The number of hydrogen-bond donors (Lipinski definition) is 3. The van der Waals surface area contributed by atoms with Gasteiger partial charge in [0.1, 0.15) is 0 Å². The molecule has 1 amide bonds. The topological polar surface area (TPSA) is 95.9 Å². The summed E-state index contributed by atoms with van der Waals surface area (Å²) in [6, 6.07) is -0.628. The average molecular weight is 1120 g/mol. The van der Waals surface area contributed by atoms with E-state index in [4.69, 9.17) is 4.74 Å². The van der Waals surface area contributed by atoms with Crippen LogP contribution in [-0.4, -0.2) is 47.4 Å². The molecule has 2 atom stereocenters. The van der Waals surface area contributed by atoms with Gasteiger partial charge >= 0.3 is 5.97 Å². The van der Waals surface area contributed by atoms with Crippen LogP contribution < -0.4 is 5.32 Å². The van der Waals surface area contributed by atoms with Crippen LogP contribution in [0.3, 0.4) is 0 Å². The van der Waals surface area contributed by atoms with E-state index in [9.17, 15) is 19.8 Å². The Bertz CT molecular complexity index is 1300. The number of aliphatic hydroxyl groups is 2. The second-order valence-electron chi connectivity index (χ2n) is 24.9. The fraction of sp³-hybridized carbons (Fsp3) is 0.892. The van der Waals surface area contributed by atoms with Crippen molar-refractivity contribution < 1.29 is 24.5 Å². The van der Waals surface area contributed by atoms with Crippen LogP contribution in [0.25, 0.3) is 0 Å². The molecule has 3 N–H and O–H groups in total. The van der Waals surface area contributed by atoms with Gasteiger partial charge in [0.2, 0.25) is 5.91 Å². The average Bonchev–Trinajstić information content (AvgIpc) is 3.46. The van der Waals surface area contributed by atoms with Gasteiger partial charge in [-0.3, -0.25) is 9.59 Å². The molecular formula is C74H141NO5. The molecule has 0 fully saturated rings. The van der Waals surface area contributed by atoms with Crippen molar-refractivity contribution in [3.63, 3.8) is 0 Å². The number of ether oxygens (including phenoxy) is 1. The van der Waals surface area contributed by atoms with Crippen molar-refractivity contribution in [1.29, 1.82) is 0 Å². The smallest absolute Gasteiger partial charge is 0.305 e. The Morgan fingerprint density at radius 2 is 0.625 bits per heavy atom. The summed E-state index contributed by atoms with van der Waals surface area (Å²) in [7, 11) is 0. The molecule has 0 saturated carbocycles. The maximum atomic E-state index is 12.5. The normalized spacial score (nSPS) is 12.7. The molecule has 6 heteroatoms. The lowest BCUT2D eigenvalue weighted by atomic mass is 10.0. The van der Waals surface area contributed by atoms with Crippen molar-refractivity contribution in [3.05, 3.63) is 36.5 Å². The van der Waals surface area contributed by atoms with E-state index in [1.807, 2.05) is 6.08 Å². The summed E-state index contributed by atoms with van der Waals surface area (Å²) >= 11 is 0. The fourth-order valence-electron chi connectivity index (χ4n) is 11.4. The van der Waals surface area contributed by atoms with Gasteiger partial charge in [0.15, 0.2) is 0 Å². The third-order valence-corrected chi connectivity index (χ3v) is 16.9. The van der Waals surface area contributed by atoms with Gasteiger partial charge in [-0.15, -0.1) is 0 Å².